The summed E-state index contributed by atoms with van der Waals surface area (Å²) in [6, 6.07) is 26.1. The van der Waals surface area contributed by atoms with Gasteiger partial charge in [0.2, 0.25) is 0 Å². The molecule has 4 heteroatoms. The minimum absolute atomic E-state index is 0.0135. The van der Waals surface area contributed by atoms with Gasteiger partial charge in [0.15, 0.2) is 6.29 Å². The van der Waals surface area contributed by atoms with Gasteiger partial charge in [0, 0.05) is 50.2 Å². The lowest BCUT2D eigenvalue weighted by Gasteiger charge is -2.44. The highest BCUT2D eigenvalue weighted by atomic mass is 16.7. The molecule has 2 aliphatic rings. The van der Waals surface area contributed by atoms with Gasteiger partial charge in [-0.15, -0.1) is 0 Å². The third-order valence-electron chi connectivity index (χ3n) is 8.40. The Labute approximate surface area is 209 Å². The maximum absolute atomic E-state index is 10.1. The second-order valence-electron chi connectivity index (χ2n) is 10.4. The number of ether oxygens (including phenoxy) is 2. The molecule has 1 N–H and O–H groups in total. The standard InChI is InChI=1S/C31H37NO3/c1-31(25-7-5-4-6-8-25)18-15-24-21-27(33)13-14-28(24)29(31)22-9-11-26(12-10-22)32-19-16-23(17-20-32)30(34-2)35-3/h4-14,21,23,29-30,33H,15-20H2,1-3H3/t29-,31-/m1/s1. The largest absolute Gasteiger partial charge is 0.508 e. The molecule has 1 aliphatic heterocycles. The first-order chi connectivity index (χ1) is 17.0. The van der Waals surface area contributed by atoms with Gasteiger partial charge in [-0.1, -0.05) is 55.5 Å². The predicted molar refractivity (Wildman–Crippen MR) is 141 cm³/mol. The van der Waals surface area contributed by atoms with Gasteiger partial charge in [0.25, 0.3) is 0 Å². The molecule has 1 heterocycles. The fourth-order valence-corrected chi connectivity index (χ4v) is 6.44. The lowest BCUT2D eigenvalue weighted by molar-refractivity contribution is -0.141. The molecule has 0 saturated carbocycles. The topological polar surface area (TPSA) is 41.9 Å². The number of rotatable bonds is 6. The molecule has 0 aromatic heterocycles. The maximum atomic E-state index is 10.1. The summed E-state index contributed by atoms with van der Waals surface area (Å²) < 4.78 is 11.0. The van der Waals surface area contributed by atoms with Crippen molar-refractivity contribution in [1.82, 2.24) is 0 Å². The van der Waals surface area contributed by atoms with Crippen LogP contribution in [0.25, 0.3) is 0 Å². The SMILES string of the molecule is COC(OC)C1CCN(c2ccc([C@@H]3c4ccc(O)cc4CC[C@]3(C)c3ccccc3)cc2)CC1. The molecule has 0 radical (unpaired) electrons. The number of anilines is 1. The lowest BCUT2D eigenvalue weighted by atomic mass is 9.59. The van der Waals surface area contributed by atoms with Crippen LogP contribution in [0.15, 0.2) is 72.8 Å². The Kier molecular flexibility index (Phi) is 6.86. The van der Waals surface area contributed by atoms with Crippen LogP contribution < -0.4 is 4.90 Å². The zero-order valence-corrected chi connectivity index (χ0v) is 21.1. The van der Waals surface area contributed by atoms with Crippen molar-refractivity contribution in [1.29, 1.82) is 0 Å². The first-order valence-corrected chi connectivity index (χ1v) is 12.8. The molecule has 5 rings (SSSR count). The number of hydrogen-bond donors (Lipinski definition) is 1. The molecular weight excluding hydrogens is 434 g/mol. The van der Waals surface area contributed by atoms with Crippen LogP contribution in [-0.2, 0) is 21.3 Å². The van der Waals surface area contributed by atoms with E-state index in [1.807, 2.05) is 12.1 Å². The van der Waals surface area contributed by atoms with E-state index in [2.05, 4.69) is 72.5 Å². The number of benzene rings is 3. The van der Waals surface area contributed by atoms with Gasteiger partial charge in [0.1, 0.15) is 5.75 Å². The van der Waals surface area contributed by atoms with E-state index in [1.165, 1.54) is 27.9 Å². The predicted octanol–water partition coefficient (Wildman–Crippen LogP) is 6.26. The smallest absolute Gasteiger partial charge is 0.159 e. The Morgan fingerprint density at radius 3 is 2.26 bits per heavy atom. The van der Waals surface area contributed by atoms with Crippen molar-refractivity contribution in [2.45, 2.75) is 50.2 Å². The number of aromatic hydroxyl groups is 1. The van der Waals surface area contributed by atoms with Crippen LogP contribution in [0.2, 0.25) is 0 Å². The average molecular weight is 472 g/mol. The first-order valence-electron chi connectivity index (χ1n) is 12.8. The fraction of sp³-hybridized carbons (Fsp3) is 0.419. The lowest BCUT2D eigenvalue weighted by Crippen LogP contribution is -2.39. The van der Waals surface area contributed by atoms with E-state index in [0.29, 0.717) is 11.7 Å². The third kappa shape index (κ3) is 4.57. The summed E-state index contributed by atoms with van der Waals surface area (Å²) >= 11 is 0. The van der Waals surface area contributed by atoms with Crippen LogP contribution in [0, 0.1) is 5.92 Å². The number of aryl methyl sites for hydroxylation is 1. The number of piperidine rings is 1. The maximum Gasteiger partial charge on any atom is 0.159 e. The summed E-state index contributed by atoms with van der Waals surface area (Å²) in [6.07, 6.45) is 4.05. The molecule has 4 nitrogen and oxygen atoms in total. The van der Waals surface area contributed by atoms with Crippen LogP contribution in [0.3, 0.4) is 0 Å². The number of phenols is 1. The Hall–Kier alpha value is -2.82. The molecule has 0 spiro atoms. The van der Waals surface area contributed by atoms with Crippen LogP contribution in [0.4, 0.5) is 5.69 Å². The van der Waals surface area contributed by atoms with Crippen LogP contribution >= 0.6 is 0 Å². The van der Waals surface area contributed by atoms with E-state index in [4.69, 9.17) is 9.47 Å². The molecule has 0 amide bonds. The van der Waals surface area contributed by atoms with Gasteiger partial charge in [-0.2, -0.15) is 0 Å². The van der Waals surface area contributed by atoms with E-state index >= 15 is 0 Å². The van der Waals surface area contributed by atoms with Crippen molar-refractivity contribution < 1.29 is 14.6 Å². The van der Waals surface area contributed by atoms with Gasteiger partial charge < -0.3 is 19.5 Å². The summed E-state index contributed by atoms with van der Waals surface area (Å²) in [6.45, 7) is 4.44. The van der Waals surface area contributed by atoms with Gasteiger partial charge >= 0.3 is 0 Å². The van der Waals surface area contributed by atoms with E-state index < -0.39 is 0 Å². The molecule has 0 unspecified atom stereocenters. The number of fused-ring (bicyclic) bond motifs is 1. The summed E-state index contributed by atoms with van der Waals surface area (Å²) in [7, 11) is 3.46. The molecule has 1 fully saturated rings. The molecule has 35 heavy (non-hydrogen) atoms. The van der Waals surface area contributed by atoms with Crippen LogP contribution in [0.1, 0.15) is 54.4 Å². The highest BCUT2D eigenvalue weighted by Crippen LogP contribution is 2.51. The molecule has 0 bridgehead atoms. The Bertz CT molecular complexity index is 1120. The van der Waals surface area contributed by atoms with Crippen LogP contribution in [0.5, 0.6) is 5.75 Å². The zero-order valence-electron chi connectivity index (χ0n) is 21.1. The summed E-state index contributed by atoms with van der Waals surface area (Å²) in [5.41, 5.74) is 6.57. The Balaban J connectivity index is 1.44. The van der Waals surface area contributed by atoms with Crippen molar-refractivity contribution in [3.63, 3.8) is 0 Å². The molecule has 1 aliphatic carbocycles. The Morgan fingerprint density at radius 1 is 0.914 bits per heavy atom. The van der Waals surface area contributed by atoms with Crippen molar-refractivity contribution in [2.24, 2.45) is 5.92 Å². The molecule has 2 atom stereocenters. The van der Waals surface area contributed by atoms with Crippen molar-refractivity contribution in [2.75, 3.05) is 32.2 Å². The van der Waals surface area contributed by atoms with Crippen molar-refractivity contribution in [3.8, 4) is 5.75 Å². The van der Waals surface area contributed by atoms with Crippen LogP contribution in [-0.4, -0.2) is 38.7 Å². The molecule has 184 valence electrons. The van der Waals surface area contributed by atoms with Gasteiger partial charge in [-0.05, 0) is 72.2 Å². The van der Waals surface area contributed by atoms with E-state index in [-0.39, 0.29) is 17.6 Å². The molecule has 3 aromatic rings. The molecule has 3 aromatic carbocycles. The molecule has 1 saturated heterocycles. The van der Waals surface area contributed by atoms with Crippen molar-refractivity contribution in [3.05, 3.63) is 95.1 Å². The van der Waals surface area contributed by atoms with Gasteiger partial charge in [-0.3, -0.25) is 0 Å². The number of phenolic OH excluding ortho intramolecular Hbond substituents is 1. The van der Waals surface area contributed by atoms with E-state index in [9.17, 15) is 5.11 Å². The average Bonchev–Trinajstić information content (AvgIpc) is 2.91. The van der Waals surface area contributed by atoms with Gasteiger partial charge in [0.05, 0.1) is 0 Å². The zero-order chi connectivity index (χ0) is 24.4. The number of nitrogens with zero attached hydrogens (tertiary/aromatic N) is 1. The second kappa shape index (κ2) is 10.0. The third-order valence-corrected chi connectivity index (χ3v) is 8.40. The minimum atomic E-state index is -0.110. The fourth-order valence-electron chi connectivity index (χ4n) is 6.44. The quantitative estimate of drug-likeness (QED) is 0.431. The molecular formula is C31H37NO3. The van der Waals surface area contributed by atoms with Gasteiger partial charge in [-0.25, -0.2) is 0 Å². The number of hydrogen-bond acceptors (Lipinski definition) is 4. The normalized spacial score (nSPS) is 22.9. The van der Waals surface area contributed by atoms with E-state index in [1.54, 1.807) is 14.2 Å². The minimum Gasteiger partial charge on any atom is -0.508 e. The number of methoxy groups -OCH3 is 2. The monoisotopic (exact) mass is 471 g/mol. The summed E-state index contributed by atoms with van der Waals surface area (Å²) in [5.74, 6) is 1.04. The highest BCUT2D eigenvalue weighted by Gasteiger charge is 2.41. The summed E-state index contributed by atoms with van der Waals surface area (Å²) in [5, 5.41) is 10.1. The second-order valence-corrected chi connectivity index (χ2v) is 10.4. The highest BCUT2D eigenvalue weighted by molar-refractivity contribution is 5.54. The first kappa shape index (κ1) is 23.9. The van der Waals surface area contributed by atoms with Crippen molar-refractivity contribution >= 4 is 5.69 Å². The Morgan fingerprint density at radius 2 is 1.60 bits per heavy atom. The van der Waals surface area contributed by atoms with E-state index in [0.717, 1.165) is 38.8 Å². The summed E-state index contributed by atoms with van der Waals surface area (Å²) in [4.78, 5) is 2.48.